The monoisotopic (exact) mass is 326 g/mol. The second kappa shape index (κ2) is 6.35. The van der Waals surface area contributed by atoms with Crippen LogP contribution in [0.1, 0.15) is 19.4 Å². The van der Waals surface area contributed by atoms with Crippen molar-refractivity contribution < 1.29 is 5.11 Å². The SMILES string of the molecule is CC(C)(O)CN1CCN(Cc2ccc(Br)cc2)CC1. The number of hydrogen-bond acceptors (Lipinski definition) is 3. The van der Waals surface area contributed by atoms with Gasteiger partial charge in [0.05, 0.1) is 5.60 Å². The van der Waals surface area contributed by atoms with E-state index in [1.54, 1.807) is 0 Å². The van der Waals surface area contributed by atoms with Crippen LogP contribution in [0.3, 0.4) is 0 Å². The van der Waals surface area contributed by atoms with Gasteiger partial charge in [0.1, 0.15) is 0 Å². The lowest BCUT2D eigenvalue weighted by Crippen LogP contribution is -2.50. The molecule has 1 N–H and O–H groups in total. The van der Waals surface area contributed by atoms with Crippen LogP contribution in [0, 0.1) is 0 Å². The quantitative estimate of drug-likeness (QED) is 0.920. The number of aliphatic hydroxyl groups is 1. The fourth-order valence-corrected chi connectivity index (χ4v) is 2.77. The summed E-state index contributed by atoms with van der Waals surface area (Å²) < 4.78 is 1.13. The predicted octanol–water partition coefficient (Wildman–Crippen LogP) is 2.34. The van der Waals surface area contributed by atoms with E-state index in [-0.39, 0.29) is 0 Å². The van der Waals surface area contributed by atoms with Gasteiger partial charge in [-0.25, -0.2) is 0 Å². The van der Waals surface area contributed by atoms with E-state index in [4.69, 9.17) is 0 Å². The number of piperazine rings is 1. The average molecular weight is 327 g/mol. The fourth-order valence-electron chi connectivity index (χ4n) is 2.50. The molecular formula is C15H23BrN2O. The van der Waals surface area contributed by atoms with E-state index in [2.05, 4.69) is 50.0 Å². The first-order chi connectivity index (χ1) is 8.92. The highest BCUT2D eigenvalue weighted by Gasteiger charge is 2.22. The Morgan fingerprint density at radius 3 is 2.11 bits per heavy atom. The van der Waals surface area contributed by atoms with Crippen molar-refractivity contribution in [2.75, 3.05) is 32.7 Å². The summed E-state index contributed by atoms with van der Waals surface area (Å²) in [5.41, 5.74) is 0.771. The lowest BCUT2D eigenvalue weighted by atomic mass is 10.1. The fraction of sp³-hybridized carbons (Fsp3) is 0.600. The molecule has 1 saturated heterocycles. The molecule has 106 valence electrons. The van der Waals surface area contributed by atoms with Gasteiger partial charge in [-0.1, -0.05) is 28.1 Å². The second-order valence-electron chi connectivity index (χ2n) is 5.99. The Hall–Kier alpha value is -0.420. The first kappa shape index (κ1) is 15.0. The lowest BCUT2D eigenvalue weighted by molar-refractivity contribution is 0.0167. The minimum absolute atomic E-state index is 0.589. The van der Waals surface area contributed by atoms with Crippen molar-refractivity contribution in [3.8, 4) is 0 Å². The molecule has 1 heterocycles. The van der Waals surface area contributed by atoms with E-state index in [0.29, 0.717) is 0 Å². The molecule has 1 aromatic carbocycles. The molecule has 0 bridgehead atoms. The summed E-state index contributed by atoms with van der Waals surface area (Å²) in [5.74, 6) is 0. The molecule has 0 saturated carbocycles. The van der Waals surface area contributed by atoms with Crippen LogP contribution in [0.4, 0.5) is 0 Å². The van der Waals surface area contributed by atoms with Crippen LogP contribution in [0.5, 0.6) is 0 Å². The molecule has 19 heavy (non-hydrogen) atoms. The van der Waals surface area contributed by atoms with Crippen LogP contribution in [-0.4, -0.2) is 53.2 Å². The number of benzene rings is 1. The summed E-state index contributed by atoms with van der Waals surface area (Å²) in [6.07, 6.45) is 0. The van der Waals surface area contributed by atoms with Crippen molar-refractivity contribution in [2.24, 2.45) is 0 Å². The van der Waals surface area contributed by atoms with Crippen molar-refractivity contribution in [1.29, 1.82) is 0 Å². The molecule has 1 aromatic rings. The van der Waals surface area contributed by atoms with E-state index in [1.807, 2.05) is 13.8 Å². The summed E-state index contributed by atoms with van der Waals surface area (Å²) in [6, 6.07) is 8.54. The molecule has 0 amide bonds. The van der Waals surface area contributed by atoms with Gasteiger partial charge in [-0.2, -0.15) is 0 Å². The molecule has 1 fully saturated rings. The van der Waals surface area contributed by atoms with Gasteiger partial charge in [-0.05, 0) is 31.5 Å². The Bertz CT molecular complexity index is 392. The summed E-state index contributed by atoms with van der Waals surface area (Å²) >= 11 is 3.46. The average Bonchev–Trinajstić information content (AvgIpc) is 2.33. The van der Waals surface area contributed by atoms with E-state index in [9.17, 15) is 5.11 Å². The third-order valence-corrected chi connectivity index (χ3v) is 3.92. The van der Waals surface area contributed by atoms with Crippen molar-refractivity contribution in [3.05, 3.63) is 34.3 Å². The Kier molecular flexibility index (Phi) is 5.01. The Morgan fingerprint density at radius 2 is 1.58 bits per heavy atom. The minimum Gasteiger partial charge on any atom is -0.389 e. The van der Waals surface area contributed by atoms with Crippen LogP contribution in [0.15, 0.2) is 28.7 Å². The van der Waals surface area contributed by atoms with Crippen LogP contribution in [-0.2, 0) is 6.54 Å². The molecule has 0 aliphatic carbocycles. The van der Waals surface area contributed by atoms with Crippen LogP contribution in [0.2, 0.25) is 0 Å². The molecule has 2 rings (SSSR count). The highest BCUT2D eigenvalue weighted by Crippen LogP contribution is 2.14. The van der Waals surface area contributed by atoms with Crippen molar-refractivity contribution in [3.63, 3.8) is 0 Å². The lowest BCUT2D eigenvalue weighted by Gasteiger charge is -2.37. The van der Waals surface area contributed by atoms with Gasteiger partial charge in [0.2, 0.25) is 0 Å². The summed E-state index contributed by atoms with van der Waals surface area (Å²) in [5, 5.41) is 9.84. The van der Waals surface area contributed by atoms with Crippen LogP contribution >= 0.6 is 15.9 Å². The van der Waals surface area contributed by atoms with Gasteiger partial charge in [0.25, 0.3) is 0 Å². The van der Waals surface area contributed by atoms with Crippen LogP contribution in [0.25, 0.3) is 0 Å². The summed E-state index contributed by atoms with van der Waals surface area (Å²) in [4.78, 5) is 4.82. The van der Waals surface area contributed by atoms with Crippen molar-refractivity contribution >= 4 is 15.9 Å². The zero-order chi connectivity index (χ0) is 13.9. The molecule has 4 heteroatoms. The zero-order valence-corrected chi connectivity index (χ0v) is 13.4. The number of β-amino-alcohol motifs (C(OH)–C–C–N with tert-alkyl or cyclic N) is 1. The van der Waals surface area contributed by atoms with E-state index in [1.165, 1.54) is 5.56 Å². The highest BCUT2D eigenvalue weighted by molar-refractivity contribution is 9.10. The Labute approximate surface area is 124 Å². The van der Waals surface area contributed by atoms with Gasteiger partial charge >= 0.3 is 0 Å². The summed E-state index contributed by atoms with van der Waals surface area (Å²) in [7, 11) is 0. The first-order valence-corrected chi connectivity index (χ1v) is 7.63. The molecule has 1 aliphatic heterocycles. The second-order valence-corrected chi connectivity index (χ2v) is 6.91. The molecule has 0 radical (unpaired) electrons. The topological polar surface area (TPSA) is 26.7 Å². The molecular weight excluding hydrogens is 304 g/mol. The molecule has 0 atom stereocenters. The largest absolute Gasteiger partial charge is 0.389 e. The highest BCUT2D eigenvalue weighted by atomic mass is 79.9. The van der Waals surface area contributed by atoms with Gasteiger partial charge in [0, 0.05) is 43.7 Å². The Morgan fingerprint density at radius 1 is 1.05 bits per heavy atom. The number of hydrogen-bond donors (Lipinski definition) is 1. The zero-order valence-electron chi connectivity index (χ0n) is 11.8. The predicted molar refractivity (Wildman–Crippen MR) is 82.2 cm³/mol. The van der Waals surface area contributed by atoms with Gasteiger partial charge < -0.3 is 5.11 Å². The first-order valence-electron chi connectivity index (χ1n) is 6.84. The van der Waals surface area contributed by atoms with Crippen LogP contribution < -0.4 is 0 Å². The van der Waals surface area contributed by atoms with Gasteiger partial charge in [-0.3, -0.25) is 9.80 Å². The molecule has 3 nitrogen and oxygen atoms in total. The molecule has 0 unspecified atom stereocenters. The number of rotatable bonds is 4. The maximum Gasteiger partial charge on any atom is 0.0718 e. The standard InChI is InChI=1S/C15H23BrN2O/c1-15(2,19)12-18-9-7-17(8-10-18)11-13-3-5-14(16)6-4-13/h3-6,19H,7-12H2,1-2H3. The molecule has 1 aliphatic rings. The maximum atomic E-state index is 9.84. The minimum atomic E-state index is -0.589. The van der Waals surface area contributed by atoms with E-state index >= 15 is 0 Å². The molecule has 0 aromatic heterocycles. The molecule has 0 spiro atoms. The third kappa shape index (κ3) is 5.22. The van der Waals surface area contributed by atoms with E-state index < -0.39 is 5.60 Å². The number of nitrogens with zero attached hydrogens (tertiary/aromatic N) is 2. The van der Waals surface area contributed by atoms with Gasteiger partial charge in [0.15, 0.2) is 0 Å². The number of halogens is 1. The third-order valence-electron chi connectivity index (χ3n) is 3.39. The van der Waals surface area contributed by atoms with Gasteiger partial charge in [-0.15, -0.1) is 0 Å². The van der Waals surface area contributed by atoms with Crippen molar-refractivity contribution in [2.45, 2.75) is 26.0 Å². The Balaban J connectivity index is 1.79. The smallest absolute Gasteiger partial charge is 0.0718 e. The van der Waals surface area contributed by atoms with Crippen molar-refractivity contribution in [1.82, 2.24) is 9.80 Å². The normalized spacial score (nSPS) is 18.7. The van der Waals surface area contributed by atoms with E-state index in [0.717, 1.165) is 43.7 Å². The summed E-state index contributed by atoms with van der Waals surface area (Å²) in [6.45, 7) is 9.77. The maximum absolute atomic E-state index is 9.84.